The second-order valence-electron chi connectivity index (χ2n) is 8.97. The third-order valence-corrected chi connectivity index (χ3v) is 7.58. The zero-order chi connectivity index (χ0) is 27.4. The summed E-state index contributed by atoms with van der Waals surface area (Å²) in [6.45, 7) is 2.94. The summed E-state index contributed by atoms with van der Waals surface area (Å²) in [5.41, 5.74) is 1.95. The minimum Gasteiger partial charge on any atom is -0.442 e. The van der Waals surface area contributed by atoms with E-state index in [1.807, 2.05) is 23.1 Å². The summed E-state index contributed by atoms with van der Waals surface area (Å²) in [7, 11) is 0. The molecule has 0 bridgehead atoms. The first kappa shape index (κ1) is 28.8. The first-order valence-corrected chi connectivity index (χ1v) is 14.3. The molecule has 0 saturated carbocycles. The molecule has 38 heavy (non-hydrogen) atoms. The minimum absolute atomic E-state index is 0.0880. The van der Waals surface area contributed by atoms with E-state index in [4.69, 9.17) is 4.74 Å². The number of halogens is 4. The summed E-state index contributed by atoms with van der Waals surface area (Å²) in [6.07, 6.45) is -3.01. The van der Waals surface area contributed by atoms with Crippen LogP contribution in [0, 0.1) is 0 Å². The summed E-state index contributed by atoms with van der Waals surface area (Å²) in [5.74, 6) is -0.502. The van der Waals surface area contributed by atoms with Crippen LogP contribution >= 0.6 is 47.8 Å². The number of benzene rings is 2. The van der Waals surface area contributed by atoms with Crippen LogP contribution < -0.4 is 20.4 Å². The second-order valence-corrected chi connectivity index (χ2v) is 15.9. The first-order valence-electron chi connectivity index (χ1n) is 11.9. The molecule has 204 valence electrons. The van der Waals surface area contributed by atoms with Crippen molar-refractivity contribution >= 4 is 77.1 Å². The van der Waals surface area contributed by atoms with E-state index in [0.29, 0.717) is 30.9 Å². The topological polar surface area (TPSA) is 94.2 Å². The molecule has 3 amide bonds. The van der Waals surface area contributed by atoms with E-state index >= 15 is 4.39 Å². The molecule has 13 heteroatoms. The zero-order valence-electron chi connectivity index (χ0n) is 20.5. The van der Waals surface area contributed by atoms with Gasteiger partial charge < -0.3 is 20.3 Å². The highest BCUT2D eigenvalue weighted by molar-refractivity contribution is 9.39. The SMILES string of the molecule is CC(=O)NCC1CN(c2ccc(N3CCN(C(NC(=O)c4ccccc4)C(Br)(Br)Br)C(F)C3)cc2)C(=O)O1. The Kier molecular flexibility index (Phi) is 9.32. The van der Waals surface area contributed by atoms with Crippen LogP contribution in [0.3, 0.4) is 0 Å². The number of cyclic esters (lactones) is 1. The Morgan fingerprint density at radius 1 is 1.05 bits per heavy atom. The molecule has 2 N–H and O–H groups in total. The normalized spacial score (nSPS) is 21.1. The van der Waals surface area contributed by atoms with Crippen LogP contribution in [0.1, 0.15) is 17.3 Å². The molecule has 2 aliphatic rings. The zero-order valence-corrected chi connectivity index (χ0v) is 25.2. The van der Waals surface area contributed by atoms with Gasteiger partial charge >= 0.3 is 6.09 Å². The number of nitrogens with one attached hydrogen (secondary N) is 2. The number of amides is 3. The van der Waals surface area contributed by atoms with E-state index in [0.717, 1.165) is 5.69 Å². The minimum atomic E-state index is -1.38. The lowest BCUT2D eigenvalue weighted by Gasteiger charge is -2.44. The smallest absolute Gasteiger partial charge is 0.414 e. The molecule has 0 aromatic heterocycles. The van der Waals surface area contributed by atoms with Gasteiger partial charge in [-0.3, -0.25) is 14.5 Å². The maximum atomic E-state index is 15.5. The van der Waals surface area contributed by atoms with E-state index in [-0.39, 0.29) is 24.9 Å². The van der Waals surface area contributed by atoms with Gasteiger partial charge in [-0.25, -0.2) is 14.1 Å². The number of alkyl halides is 4. The summed E-state index contributed by atoms with van der Waals surface area (Å²) in [6, 6.07) is 16.0. The van der Waals surface area contributed by atoms with Crippen molar-refractivity contribution in [2.45, 2.75) is 27.6 Å². The molecule has 4 rings (SSSR count). The molecular formula is C25H27Br3FN5O4. The van der Waals surface area contributed by atoms with Crippen LogP contribution in [-0.4, -0.2) is 76.2 Å². The summed E-state index contributed by atoms with van der Waals surface area (Å²) in [4.78, 5) is 41.2. The Labute approximate surface area is 245 Å². The van der Waals surface area contributed by atoms with Gasteiger partial charge in [0.2, 0.25) is 5.91 Å². The largest absolute Gasteiger partial charge is 0.442 e. The van der Waals surface area contributed by atoms with Crippen LogP contribution in [0.15, 0.2) is 54.6 Å². The molecule has 2 fully saturated rings. The van der Waals surface area contributed by atoms with Crippen LogP contribution in [0.25, 0.3) is 0 Å². The summed E-state index contributed by atoms with van der Waals surface area (Å²) >= 11 is 10.4. The van der Waals surface area contributed by atoms with Crippen LogP contribution in [0.5, 0.6) is 0 Å². The van der Waals surface area contributed by atoms with Crippen molar-refractivity contribution in [3.8, 4) is 0 Å². The highest BCUT2D eigenvalue weighted by Crippen LogP contribution is 2.40. The fourth-order valence-corrected chi connectivity index (χ4v) is 5.50. The number of carbonyl (C=O) groups excluding carboxylic acids is 3. The van der Waals surface area contributed by atoms with Gasteiger partial charge in [-0.05, 0) is 36.4 Å². The highest BCUT2D eigenvalue weighted by atomic mass is 80.0. The fraction of sp³-hybridized carbons (Fsp3) is 0.400. The summed E-state index contributed by atoms with van der Waals surface area (Å²) < 4.78 is 19.9. The lowest BCUT2D eigenvalue weighted by atomic mass is 10.2. The van der Waals surface area contributed by atoms with Crippen molar-refractivity contribution in [3.63, 3.8) is 0 Å². The number of anilines is 2. The van der Waals surface area contributed by atoms with E-state index in [1.165, 1.54) is 11.8 Å². The van der Waals surface area contributed by atoms with Crippen molar-refractivity contribution in [2.75, 3.05) is 42.5 Å². The molecule has 2 heterocycles. The van der Waals surface area contributed by atoms with Gasteiger partial charge in [0.05, 0.1) is 19.6 Å². The molecule has 9 nitrogen and oxygen atoms in total. The van der Waals surface area contributed by atoms with Gasteiger partial charge in [0.25, 0.3) is 5.91 Å². The molecular weight excluding hydrogens is 693 g/mol. The van der Waals surface area contributed by atoms with Gasteiger partial charge in [-0.15, -0.1) is 0 Å². The van der Waals surface area contributed by atoms with Crippen LogP contribution in [-0.2, 0) is 9.53 Å². The molecule has 2 aliphatic heterocycles. The van der Waals surface area contributed by atoms with Crippen LogP contribution in [0.2, 0.25) is 0 Å². The average molecular weight is 720 g/mol. The molecule has 0 radical (unpaired) electrons. The Morgan fingerprint density at radius 3 is 2.32 bits per heavy atom. The monoisotopic (exact) mass is 717 g/mol. The highest BCUT2D eigenvalue weighted by Gasteiger charge is 2.42. The summed E-state index contributed by atoms with van der Waals surface area (Å²) in [5, 5.41) is 5.56. The Bertz CT molecular complexity index is 1150. The second kappa shape index (κ2) is 12.3. The third-order valence-electron chi connectivity index (χ3n) is 6.28. The van der Waals surface area contributed by atoms with Gasteiger partial charge in [0.1, 0.15) is 12.3 Å². The van der Waals surface area contributed by atoms with Crippen molar-refractivity contribution in [1.82, 2.24) is 15.5 Å². The fourth-order valence-electron chi connectivity index (χ4n) is 4.37. The van der Waals surface area contributed by atoms with Gasteiger partial charge in [-0.1, -0.05) is 66.0 Å². The number of piperazine rings is 1. The average Bonchev–Trinajstić information content (AvgIpc) is 3.26. The van der Waals surface area contributed by atoms with E-state index < -0.39 is 26.8 Å². The Morgan fingerprint density at radius 2 is 1.71 bits per heavy atom. The predicted octanol–water partition coefficient (Wildman–Crippen LogP) is 4.16. The van der Waals surface area contributed by atoms with Crippen molar-refractivity contribution < 1.29 is 23.5 Å². The number of carbonyl (C=O) groups is 3. The number of hydrogen-bond donors (Lipinski definition) is 2. The van der Waals surface area contributed by atoms with E-state index in [1.54, 1.807) is 41.3 Å². The van der Waals surface area contributed by atoms with E-state index in [9.17, 15) is 14.4 Å². The maximum Gasteiger partial charge on any atom is 0.414 e. The molecule has 2 aromatic carbocycles. The van der Waals surface area contributed by atoms with Gasteiger partial charge in [0, 0.05) is 37.0 Å². The molecule has 3 unspecified atom stereocenters. The molecule has 0 aliphatic carbocycles. The van der Waals surface area contributed by atoms with E-state index in [2.05, 4.69) is 58.4 Å². The van der Waals surface area contributed by atoms with Crippen molar-refractivity contribution in [1.29, 1.82) is 0 Å². The lowest BCUT2D eigenvalue weighted by molar-refractivity contribution is -0.119. The molecule has 2 aromatic rings. The standard InChI is InChI=1S/C25H27Br3FN5O4/c1-16(35)30-13-20-14-34(24(37)38-20)19-9-7-18(8-10-19)32-11-12-33(21(29)15-32)23(25(26,27)28)31-22(36)17-5-3-2-4-6-17/h2-10,20-21,23H,11-15H2,1H3,(H,30,35)(H,31,36). The van der Waals surface area contributed by atoms with Crippen LogP contribution in [0.4, 0.5) is 20.6 Å². The van der Waals surface area contributed by atoms with Gasteiger partial charge in [0.15, 0.2) is 8.44 Å². The van der Waals surface area contributed by atoms with Gasteiger partial charge in [-0.2, -0.15) is 0 Å². The third kappa shape index (κ3) is 7.04. The molecule has 3 atom stereocenters. The lowest BCUT2D eigenvalue weighted by Crippen LogP contribution is -2.63. The molecule has 0 spiro atoms. The number of nitrogens with zero attached hydrogens (tertiary/aromatic N) is 3. The first-order chi connectivity index (χ1) is 18.0. The number of ether oxygens (including phenoxy) is 1. The number of rotatable bonds is 7. The number of hydrogen-bond acceptors (Lipinski definition) is 6. The molecule has 2 saturated heterocycles. The quantitative estimate of drug-likeness (QED) is 0.330. The Balaban J connectivity index is 1.38. The predicted molar refractivity (Wildman–Crippen MR) is 154 cm³/mol. The Hall–Kier alpha value is -2.22. The van der Waals surface area contributed by atoms with Crippen molar-refractivity contribution in [2.24, 2.45) is 0 Å². The van der Waals surface area contributed by atoms with Crippen molar-refractivity contribution in [3.05, 3.63) is 60.2 Å². The maximum absolute atomic E-state index is 15.5.